The number of anilines is 1. The Morgan fingerprint density at radius 1 is 1.08 bits per heavy atom. The van der Waals surface area contributed by atoms with Gasteiger partial charge in [0, 0.05) is 18.2 Å². The van der Waals surface area contributed by atoms with Crippen LogP contribution in [0, 0.1) is 18.7 Å². The lowest BCUT2D eigenvalue weighted by Gasteiger charge is -2.38. The molecule has 36 heavy (non-hydrogen) atoms. The number of fused-ring (bicyclic) bond motifs is 1. The highest BCUT2D eigenvalue weighted by molar-refractivity contribution is 5.94. The molecule has 5 nitrogen and oxygen atoms in total. The first-order valence-electron chi connectivity index (χ1n) is 12.7. The fourth-order valence-electron chi connectivity index (χ4n) is 4.91. The van der Waals surface area contributed by atoms with E-state index in [1.165, 1.54) is 12.1 Å². The number of hydrogen-bond donors (Lipinski definition) is 1. The fraction of sp³-hybridized carbons (Fsp3) is 0.333. The molecule has 1 aliphatic heterocycles. The molecule has 3 aromatic rings. The number of ether oxygens (including phenoxy) is 1. The molecule has 6 heteroatoms. The number of amides is 2. The standard InChI is InChI=1S/C30H31FN2O3/c1-3-27(29(34)32-24-6-4-5-19(2)17-24)36-25-14-11-20-15-16-33(30(35)22-7-8-22)28(26(20)18-25)21-9-12-23(31)13-10-21/h4-6,9-14,17-18,22,27-28H,3,7-8,15-16H2,1-2H3,(H,32,34)/t27-,28-/m1/s1. The maximum Gasteiger partial charge on any atom is 0.265 e. The average molecular weight is 487 g/mol. The minimum atomic E-state index is -0.666. The lowest BCUT2D eigenvalue weighted by atomic mass is 9.87. The van der Waals surface area contributed by atoms with Gasteiger partial charge < -0.3 is 15.0 Å². The predicted octanol–water partition coefficient (Wildman–Crippen LogP) is 5.81. The van der Waals surface area contributed by atoms with Crippen molar-refractivity contribution >= 4 is 17.5 Å². The van der Waals surface area contributed by atoms with E-state index in [1.807, 2.05) is 61.2 Å². The van der Waals surface area contributed by atoms with E-state index >= 15 is 0 Å². The van der Waals surface area contributed by atoms with Gasteiger partial charge in [-0.3, -0.25) is 9.59 Å². The van der Waals surface area contributed by atoms with Gasteiger partial charge in [0.15, 0.2) is 6.10 Å². The van der Waals surface area contributed by atoms with Crippen LogP contribution in [0.15, 0.2) is 66.7 Å². The molecule has 0 saturated heterocycles. The summed E-state index contributed by atoms with van der Waals surface area (Å²) in [6, 6.07) is 19.6. The molecule has 2 amide bonds. The largest absolute Gasteiger partial charge is 0.481 e. The summed E-state index contributed by atoms with van der Waals surface area (Å²) < 4.78 is 19.9. The summed E-state index contributed by atoms with van der Waals surface area (Å²) in [5.41, 5.74) is 4.77. The van der Waals surface area contributed by atoms with Gasteiger partial charge in [-0.05, 0) is 91.3 Å². The number of halogens is 1. The summed E-state index contributed by atoms with van der Waals surface area (Å²) in [4.78, 5) is 28.1. The highest BCUT2D eigenvalue weighted by atomic mass is 19.1. The van der Waals surface area contributed by atoms with Gasteiger partial charge in [-0.1, -0.05) is 37.3 Å². The summed E-state index contributed by atoms with van der Waals surface area (Å²) in [6.45, 7) is 4.52. The third kappa shape index (κ3) is 5.13. The number of benzene rings is 3. The number of rotatable bonds is 7. The number of carbonyl (C=O) groups is 2. The zero-order chi connectivity index (χ0) is 25.2. The van der Waals surface area contributed by atoms with Gasteiger partial charge in [-0.25, -0.2) is 4.39 Å². The van der Waals surface area contributed by atoms with Crippen LogP contribution in [0.25, 0.3) is 0 Å². The van der Waals surface area contributed by atoms with Crippen LogP contribution in [0.1, 0.15) is 54.5 Å². The number of hydrogen-bond acceptors (Lipinski definition) is 3. The van der Waals surface area contributed by atoms with Crippen molar-refractivity contribution in [2.45, 2.75) is 51.7 Å². The molecule has 1 aliphatic carbocycles. The van der Waals surface area contributed by atoms with Crippen molar-refractivity contribution < 1.29 is 18.7 Å². The SMILES string of the molecule is CC[C@@H](Oc1ccc2c(c1)[C@@H](c1ccc(F)cc1)N(C(=O)C1CC1)CC2)C(=O)Nc1cccc(C)c1. The van der Waals surface area contributed by atoms with Crippen molar-refractivity contribution in [3.8, 4) is 5.75 Å². The van der Waals surface area contributed by atoms with Crippen LogP contribution < -0.4 is 10.1 Å². The lowest BCUT2D eigenvalue weighted by molar-refractivity contribution is -0.134. The second-order valence-electron chi connectivity index (χ2n) is 9.74. The van der Waals surface area contributed by atoms with Gasteiger partial charge in [0.25, 0.3) is 5.91 Å². The van der Waals surface area contributed by atoms with E-state index in [9.17, 15) is 14.0 Å². The molecule has 3 aromatic carbocycles. The molecule has 1 fully saturated rings. The van der Waals surface area contributed by atoms with E-state index in [0.29, 0.717) is 18.7 Å². The number of nitrogens with zero attached hydrogens (tertiary/aromatic N) is 1. The molecule has 0 unspecified atom stereocenters. The second kappa shape index (κ2) is 10.1. The van der Waals surface area contributed by atoms with Crippen LogP contribution in [0.2, 0.25) is 0 Å². The van der Waals surface area contributed by atoms with Gasteiger partial charge in [-0.2, -0.15) is 0 Å². The molecule has 186 valence electrons. The molecule has 1 N–H and O–H groups in total. The molecular weight excluding hydrogens is 455 g/mol. The first kappa shape index (κ1) is 24.0. The van der Waals surface area contributed by atoms with Crippen LogP contribution >= 0.6 is 0 Å². The maximum atomic E-state index is 13.7. The van der Waals surface area contributed by atoms with Gasteiger partial charge in [0.1, 0.15) is 11.6 Å². The summed E-state index contributed by atoms with van der Waals surface area (Å²) >= 11 is 0. The van der Waals surface area contributed by atoms with Crippen LogP contribution in [0.5, 0.6) is 5.75 Å². The molecule has 1 saturated carbocycles. The van der Waals surface area contributed by atoms with Crippen molar-refractivity contribution in [3.63, 3.8) is 0 Å². The van der Waals surface area contributed by atoms with Gasteiger partial charge in [0.05, 0.1) is 6.04 Å². The van der Waals surface area contributed by atoms with E-state index in [2.05, 4.69) is 5.32 Å². The minimum Gasteiger partial charge on any atom is -0.481 e. The van der Waals surface area contributed by atoms with E-state index < -0.39 is 6.10 Å². The van der Waals surface area contributed by atoms with E-state index in [4.69, 9.17) is 4.74 Å². The quantitative estimate of drug-likeness (QED) is 0.458. The van der Waals surface area contributed by atoms with Gasteiger partial charge in [-0.15, -0.1) is 0 Å². The highest BCUT2D eigenvalue weighted by Crippen LogP contribution is 2.41. The van der Waals surface area contributed by atoms with Crippen molar-refractivity contribution in [1.82, 2.24) is 4.90 Å². The Hall–Kier alpha value is -3.67. The highest BCUT2D eigenvalue weighted by Gasteiger charge is 2.39. The van der Waals surface area contributed by atoms with Crippen molar-refractivity contribution in [3.05, 3.63) is 94.8 Å². The average Bonchev–Trinajstić information content (AvgIpc) is 3.72. The zero-order valence-corrected chi connectivity index (χ0v) is 20.7. The zero-order valence-electron chi connectivity index (χ0n) is 20.7. The van der Waals surface area contributed by atoms with Crippen LogP contribution in [-0.4, -0.2) is 29.4 Å². The summed E-state index contributed by atoms with van der Waals surface area (Å²) in [5, 5.41) is 2.95. The first-order valence-corrected chi connectivity index (χ1v) is 12.7. The smallest absolute Gasteiger partial charge is 0.265 e. The molecule has 0 bridgehead atoms. The monoisotopic (exact) mass is 486 g/mol. The van der Waals surface area contributed by atoms with Gasteiger partial charge >= 0.3 is 0 Å². The Morgan fingerprint density at radius 3 is 2.56 bits per heavy atom. The van der Waals surface area contributed by atoms with Crippen molar-refractivity contribution in [2.24, 2.45) is 5.92 Å². The molecule has 0 radical (unpaired) electrons. The fourth-order valence-corrected chi connectivity index (χ4v) is 4.91. The first-order chi connectivity index (χ1) is 17.4. The summed E-state index contributed by atoms with van der Waals surface area (Å²) in [5.74, 6) is 0.306. The molecule has 5 rings (SSSR count). The molecule has 1 heterocycles. The summed E-state index contributed by atoms with van der Waals surface area (Å²) in [7, 11) is 0. The second-order valence-corrected chi connectivity index (χ2v) is 9.74. The minimum absolute atomic E-state index is 0.0868. The molecular formula is C30H31FN2O3. The van der Waals surface area contributed by atoms with Crippen LogP contribution in [0.4, 0.5) is 10.1 Å². The van der Waals surface area contributed by atoms with E-state index in [-0.39, 0.29) is 29.6 Å². The van der Waals surface area contributed by atoms with Gasteiger partial charge in [0.2, 0.25) is 5.91 Å². The topological polar surface area (TPSA) is 58.6 Å². The summed E-state index contributed by atoms with van der Waals surface area (Å²) in [6.07, 6.45) is 2.44. The molecule has 2 atom stereocenters. The van der Waals surface area contributed by atoms with Crippen LogP contribution in [0.3, 0.4) is 0 Å². The Kier molecular flexibility index (Phi) is 6.77. The Morgan fingerprint density at radius 2 is 1.86 bits per heavy atom. The normalized spacial score (nSPS) is 17.8. The Balaban J connectivity index is 1.42. The number of aryl methyl sites for hydroxylation is 1. The van der Waals surface area contributed by atoms with E-state index in [1.54, 1.807) is 12.1 Å². The number of carbonyl (C=O) groups excluding carboxylic acids is 2. The van der Waals surface area contributed by atoms with Crippen molar-refractivity contribution in [2.75, 3.05) is 11.9 Å². The molecule has 0 spiro atoms. The number of nitrogens with one attached hydrogen (secondary N) is 1. The van der Waals surface area contributed by atoms with Crippen LogP contribution in [-0.2, 0) is 16.0 Å². The third-order valence-corrected chi connectivity index (χ3v) is 6.97. The van der Waals surface area contributed by atoms with Crippen molar-refractivity contribution in [1.29, 1.82) is 0 Å². The third-order valence-electron chi connectivity index (χ3n) is 6.97. The molecule has 2 aliphatic rings. The lowest BCUT2D eigenvalue weighted by Crippen LogP contribution is -2.41. The predicted molar refractivity (Wildman–Crippen MR) is 137 cm³/mol. The Labute approximate surface area is 211 Å². The molecule has 0 aromatic heterocycles. The Bertz CT molecular complexity index is 1270. The maximum absolute atomic E-state index is 13.7. The van der Waals surface area contributed by atoms with E-state index in [0.717, 1.165) is 47.2 Å².